The van der Waals surface area contributed by atoms with Crippen molar-refractivity contribution in [2.45, 2.75) is 40.2 Å². The molecule has 0 aliphatic carbocycles. The molecule has 0 aliphatic rings. The van der Waals surface area contributed by atoms with E-state index >= 15 is 0 Å². The summed E-state index contributed by atoms with van der Waals surface area (Å²) in [7, 11) is 0. The minimum absolute atomic E-state index is 0.0330. The van der Waals surface area contributed by atoms with Crippen molar-refractivity contribution < 1.29 is 9.59 Å². The fourth-order valence-corrected chi connectivity index (χ4v) is 1.93. The van der Waals surface area contributed by atoms with Crippen LogP contribution in [0.15, 0.2) is 35.3 Å². The number of nitrogens with two attached hydrogens (primary N) is 1. The number of guanidine groups is 1. The Labute approximate surface area is 143 Å². The highest BCUT2D eigenvalue weighted by atomic mass is 16.2. The molecular weight excluding hydrogens is 304 g/mol. The lowest BCUT2D eigenvalue weighted by atomic mass is 10.1. The summed E-state index contributed by atoms with van der Waals surface area (Å²) in [5.41, 5.74) is 6.78. The van der Waals surface area contributed by atoms with Gasteiger partial charge in [0.05, 0.1) is 0 Å². The van der Waals surface area contributed by atoms with E-state index in [2.05, 4.69) is 15.6 Å². The van der Waals surface area contributed by atoms with Gasteiger partial charge in [-0.2, -0.15) is 0 Å². The van der Waals surface area contributed by atoms with Gasteiger partial charge < -0.3 is 11.1 Å². The quantitative estimate of drug-likeness (QED) is 0.521. The van der Waals surface area contributed by atoms with Crippen LogP contribution in [0.3, 0.4) is 0 Å². The summed E-state index contributed by atoms with van der Waals surface area (Å²) in [6.45, 7) is 8.14. The lowest BCUT2D eigenvalue weighted by Crippen LogP contribution is -2.43. The van der Waals surface area contributed by atoms with Gasteiger partial charge in [0.2, 0.25) is 11.8 Å². The van der Waals surface area contributed by atoms with Crippen molar-refractivity contribution in [3.05, 3.63) is 35.9 Å². The van der Waals surface area contributed by atoms with E-state index in [0.29, 0.717) is 18.9 Å². The second-order valence-electron chi connectivity index (χ2n) is 6.50. The maximum Gasteiger partial charge on any atom is 0.245 e. The van der Waals surface area contributed by atoms with Crippen LogP contribution in [-0.2, 0) is 16.0 Å². The zero-order valence-electron chi connectivity index (χ0n) is 14.9. The van der Waals surface area contributed by atoms with Crippen LogP contribution in [0.4, 0.5) is 0 Å². The molecule has 1 aromatic carbocycles. The van der Waals surface area contributed by atoms with Crippen molar-refractivity contribution in [1.29, 1.82) is 0 Å². The standard InChI is InChI=1S/C18H28N4O2/c1-12(2)11-20-17(24)15(10-14-8-6-5-7-9-14)21-18(19)22-16(23)13(3)4/h5-9,12-13,15H,10-11H2,1-4H3,(H,20,24)(H3,19,21,22,23)/t15-/m1/s1. The molecule has 0 fully saturated rings. The molecule has 2 amide bonds. The summed E-state index contributed by atoms with van der Waals surface area (Å²) in [5, 5.41) is 5.39. The van der Waals surface area contributed by atoms with Gasteiger partial charge in [0.15, 0.2) is 5.96 Å². The molecule has 0 bridgehead atoms. The highest BCUT2D eigenvalue weighted by molar-refractivity contribution is 5.98. The second-order valence-corrected chi connectivity index (χ2v) is 6.50. The molecule has 4 N–H and O–H groups in total. The summed E-state index contributed by atoms with van der Waals surface area (Å²) in [4.78, 5) is 28.3. The van der Waals surface area contributed by atoms with Crippen molar-refractivity contribution in [3.63, 3.8) is 0 Å². The van der Waals surface area contributed by atoms with Crippen LogP contribution >= 0.6 is 0 Å². The number of carbonyl (C=O) groups excluding carboxylic acids is 2. The molecule has 0 spiro atoms. The fraction of sp³-hybridized carbons (Fsp3) is 0.500. The molecule has 6 nitrogen and oxygen atoms in total. The number of aliphatic imine (C=N–C) groups is 1. The highest BCUT2D eigenvalue weighted by Crippen LogP contribution is 2.07. The topological polar surface area (TPSA) is 96.6 Å². The molecule has 132 valence electrons. The lowest BCUT2D eigenvalue weighted by Gasteiger charge is -2.16. The van der Waals surface area contributed by atoms with Crippen molar-refractivity contribution in [2.24, 2.45) is 22.6 Å². The predicted octanol–water partition coefficient (Wildman–Crippen LogP) is 1.46. The Morgan fingerprint density at radius 1 is 1.08 bits per heavy atom. The average Bonchev–Trinajstić information content (AvgIpc) is 2.52. The number of hydrogen-bond donors (Lipinski definition) is 3. The number of amides is 2. The number of benzene rings is 1. The molecule has 1 aromatic rings. The monoisotopic (exact) mass is 332 g/mol. The van der Waals surface area contributed by atoms with Crippen LogP contribution in [0.1, 0.15) is 33.3 Å². The van der Waals surface area contributed by atoms with Crippen LogP contribution in [0, 0.1) is 11.8 Å². The van der Waals surface area contributed by atoms with Crippen molar-refractivity contribution in [1.82, 2.24) is 10.6 Å². The van der Waals surface area contributed by atoms with Crippen LogP contribution < -0.4 is 16.4 Å². The number of hydrogen-bond acceptors (Lipinski definition) is 3. The molecule has 24 heavy (non-hydrogen) atoms. The minimum Gasteiger partial charge on any atom is -0.370 e. The third kappa shape index (κ3) is 7.26. The van der Waals surface area contributed by atoms with Gasteiger partial charge >= 0.3 is 0 Å². The maximum absolute atomic E-state index is 12.4. The van der Waals surface area contributed by atoms with E-state index in [1.807, 2.05) is 44.2 Å². The molecule has 0 heterocycles. The normalized spacial score (nSPS) is 13.0. The van der Waals surface area contributed by atoms with Gasteiger partial charge in [0, 0.05) is 18.9 Å². The van der Waals surface area contributed by atoms with Gasteiger partial charge in [-0.15, -0.1) is 0 Å². The van der Waals surface area contributed by atoms with Crippen LogP contribution in [0.5, 0.6) is 0 Å². The molecule has 1 rings (SSSR count). The molecule has 0 radical (unpaired) electrons. The third-order valence-corrected chi connectivity index (χ3v) is 3.33. The summed E-state index contributed by atoms with van der Waals surface area (Å²) in [6, 6.07) is 8.91. The van der Waals surface area contributed by atoms with Gasteiger partial charge in [-0.05, 0) is 11.5 Å². The molecule has 6 heteroatoms. The van der Waals surface area contributed by atoms with E-state index in [1.165, 1.54) is 0 Å². The van der Waals surface area contributed by atoms with E-state index in [1.54, 1.807) is 13.8 Å². The molecule has 0 saturated heterocycles. The summed E-state index contributed by atoms with van der Waals surface area (Å²) in [5.74, 6) is -0.324. The molecule has 0 aromatic heterocycles. The Bertz CT molecular complexity index is 568. The Kier molecular flexibility index (Phi) is 7.95. The summed E-state index contributed by atoms with van der Waals surface area (Å²) >= 11 is 0. The second kappa shape index (κ2) is 9.70. The zero-order chi connectivity index (χ0) is 18.1. The Hall–Kier alpha value is -2.37. The first-order chi connectivity index (χ1) is 11.3. The molecule has 1 atom stereocenters. The van der Waals surface area contributed by atoms with Gasteiger partial charge in [-0.1, -0.05) is 58.0 Å². The number of rotatable bonds is 7. The lowest BCUT2D eigenvalue weighted by molar-refractivity contribution is -0.123. The largest absolute Gasteiger partial charge is 0.370 e. The molecule has 0 aliphatic heterocycles. The predicted molar refractivity (Wildman–Crippen MR) is 96.4 cm³/mol. The number of carbonyl (C=O) groups is 2. The Balaban J connectivity index is 2.87. The Morgan fingerprint density at radius 3 is 2.25 bits per heavy atom. The van der Waals surface area contributed by atoms with Crippen molar-refractivity contribution >= 4 is 17.8 Å². The van der Waals surface area contributed by atoms with Crippen molar-refractivity contribution in [2.75, 3.05) is 6.54 Å². The smallest absolute Gasteiger partial charge is 0.245 e. The van der Waals surface area contributed by atoms with Crippen LogP contribution in [0.2, 0.25) is 0 Å². The zero-order valence-corrected chi connectivity index (χ0v) is 14.9. The Morgan fingerprint density at radius 2 is 1.71 bits per heavy atom. The SMILES string of the molecule is CC(C)CNC(=O)[C@@H](Cc1ccccc1)N=C(N)NC(=O)C(C)C. The van der Waals surface area contributed by atoms with Gasteiger partial charge in [-0.3, -0.25) is 14.9 Å². The van der Waals surface area contributed by atoms with E-state index in [0.717, 1.165) is 5.56 Å². The van der Waals surface area contributed by atoms with Crippen molar-refractivity contribution in [3.8, 4) is 0 Å². The number of nitrogens with zero attached hydrogens (tertiary/aromatic N) is 1. The fourth-order valence-electron chi connectivity index (χ4n) is 1.93. The third-order valence-electron chi connectivity index (χ3n) is 3.33. The van der Waals surface area contributed by atoms with E-state index in [-0.39, 0.29) is 23.7 Å². The van der Waals surface area contributed by atoms with Crippen LogP contribution in [-0.4, -0.2) is 30.4 Å². The first-order valence-corrected chi connectivity index (χ1v) is 8.25. The van der Waals surface area contributed by atoms with Gasteiger partial charge in [0.25, 0.3) is 0 Å². The van der Waals surface area contributed by atoms with Gasteiger partial charge in [-0.25, -0.2) is 4.99 Å². The molecular formula is C18H28N4O2. The summed E-state index contributed by atoms with van der Waals surface area (Å²) < 4.78 is 0. The first kappa shape index (κ1) is 19.7. The average molecular weight is 332 g/mol. The number of nitrogens with one attached hydrogen (secondary N) is 2. The minimum atomic E-state index is -0.682. The first-order valence-electron chi connectivity index (χ1n) is 8.25. The van der Waals surface area contributed by atoms with Gasteiger partial charge in [0.1, 0.15) is 6.04 Å². The van der Waals surface area contributed by atoms with Crippen LogP contribution in [0.25, 0.3) is 0 Å². The van der Waals surface area contributed by atoms with E-state index < -0.39 is 6.04 Å². The summed E-state index contributed by atoms with van der Waals surface area (Å²) in [6.07, 6.45) is 0.420. The molecule has 0 saturated carbocycles. The molecule has 0 unspecified atom stereocenters. The van der Waals surface area contributed by atoms with E-state index in [9.17, 15) is 9.59 Å². The maximum atomic E-state index is 12.4. The highest BCUT2D eigenvalue weighted by Gasteiger charge is 2.19. The van der Waals surface area contributed by atoms with E-state index in [4.69, 9.17) is 5.73 Å².